The monoisotopic (exact) mass is 439 g/mol. The molecule has 1 fully saturated rings. The molecule has 1 unspecified atom stereocenters. The average molecular weight is 440 g/mol. The minimum absolute atomic E-state index is 0.125. The summed E-state index contributed by atoms with van der Waals surface area (Å²) >= 11 is 7.93. The van der Waals surface area contributed by atoms with Crippen LogP contribution in [0.4, 0.5) is 0 Å². The molecule has 0 bridgehead atoms. The van der Waals surface area contributed by atoms with E-state index in [1.165, 1.54) is 5.56 Å². The smallest absolute Gasteiger partial charge is 0.234 e. The number of hydrogen-bond acceptors (Lipinski definition) is 4. The second-order valence-electron chi connectivity index (χ2n) is 7.28. The summed E-state index contributed by atoms with van der Waals surface area (Å²) < 4.78 is 0. The normalized spacial score (nSPS) is 17.0. The molecule has 1 aliphatic rings. The van der Waals surface area contributed by atoms with Crippen LogP contribution < -0.4 is 16.0 Å². The Bertz CT molecular complexity index is 664. The average Bonchev–Trinajstić information content (AvgIpc) is 2.73. The van der Waals surface area contributed by atoms with E-state index in [0.717, 1.165) is 56.4 Å². The Labute approximate surface area is 184 Å². The number of rotatable bonds is 9. The number of aliphatic imine (C=N–C) groups is 1. The molecule has 1 amide bonds. The number of likely N-dealkylation sites (tertiary alicyclic amines) is 1. The third-order valence-corrected chi connectivity index (χ3v) is 6.29. The summed E-state index contributed by atoms with van der Waals surface area (Å²) in [6.07, 6.45) is 5.08. The molecule has 29 heavy (non-hydrogen) atoms. The third kappa shape index (κ3) is 8.44. The maximum Gasteiger partial charge on any atom is 0.234 e. The SMILES string of the molecule is CCCNC(=O)CN1CCC(NC(=NC)NCC(SC)c2cccc(Cl)c2)CC1. The molecule has 6 nitrogen and oxygen atoms in total. The molecule has 0 aliphatic carbocycles. The standard InChI is InChI=1S/C21H34ClN5OS/c1-4-10-24-20(28)15-27-11-8-18(9-12-27)26-21(23-2)25-14-19(29-3)16-6-5-7-17(22)13-16/h5-7,13,18-19H,4,8-12,14-15H2,1-3H3,(H,24,28)(H2,23,25,26). The fourth-order valence-corrected chi connectivity index (χ4v) is 4.25. The molecule has 1 aromatic rings. The van der Waals surface area contributed by atoms with Crippen LogP contribution in [0.1, 0.15) is 37.0 Å². The number of piperidine rings is 1. The molecule has 1 saturated heterocycles. The number of carbonyl (C=O) groups excluding carboxylic acids is 1. The van der Waals surface area contributed by atoms with Crippen molar-refractivity contribution in [3.8, 4) is 0 Å². The highest BCUT2D eigenvalue weighted by molar-refractivity contribution is 7.98. The first-order chi connectivity index (χ1) is 14.0. The van der Waals surface area contributed by atoms with Crippen molar-refractivity contribution < 1.29 is 4.79 Å². The predicted octanol–water partition coefficient (Wildman–Crippen LogP) is 2.90. The highest BCUT2D eigenvalue weighted by atomic mass is 35.5. The Morgan fingerprint density at radius 3 is 2.72 bits per heavy atom. The van der Waals surface area contributed by atoms with Gasteiger partial charge in [0.15, 0.2) is 5.96 Å². The first kappa shape index (κ1) is 23.8. The van der Waals surface area contributed by atoms with Crippen LogP contribution in [0.25, 0.3) is 0 Å². The first-order valence-corrected chi connectivity index (χ1v) is 12.0. The number of halogens is 1. The summed E-state index contributed by atoms with van der Waals surface area (Å²) in [6, 6.07) is 8.39. The van der Waals surface area contributed by atoms with Crippen molar-refractivity contribution in [1.82, 2.24) is 20.9 Å². The Morgan fingerprint density at radius 2 is 2.10 bits per heavy atom. The quantitative estimate of drug-likeness (QED) is 0.407. The number of amides is 1. The van der Waals surface area contributed by atoms with Crippen molar-refractivity contribution in [2.75, 3.05) is 46.0 Å². The van der Waals surface area contributed by atoms with Crippen LogP contribution in [0.5, 0.6) is 0 Å². The van der Waals surface area contributed by atoms with E-state index < -0.39 is 0 Å². The molecule has 8 heteroatoms. The maximum atomic E-state index is 11.9. The third-order valence-electron chi connectivity index (χ3n) is 5.05. The Balaban J connectivity index is 1.75. The summed E-state index contributed by atoms with van der Waals surface area (Å²) in [6.45, 7) is 5.93. The molecular formula is C21H34ClN5OS. The Morgan fingerprint density at radius 1 is 1.34 bits per heavy atom. The van der Waals surface area contributed by atoms with Gasteiger partial charge in [0.1, 0.15) is 0 Å². The predicted molar refractivity (Wildman–Crippen MR) is 125 cm³/mol. The molecule has 1 aromatic carbocycles. The van der Waals surface area contributed by atoms with Crippen LogP contribution in [0.2, 0.25) is 5.02 Å². The zero-order chi connectivity index (χ0) is 21.1. The number of nitrogens with one attached hydrogen (secondary N) is 3. The summed E-state index contributed by atoms with van der Waals surface area (Å²) in [7, 11) is 1.80. The number of thioether (sulfide) groups is 1. The van der Waals surface area contributed by atoms with Gasteiger partial charge in [0.25, 0.3) is 0 Å². The zero-order valence-electron chi connectivity index (χ0n) is 17.7. The minimum Gasteiger partial charge on any atom is -0.355 e. The number of benzene rings is 1. The van der Waals surface area contributed by atoms with Crippen molar-refractivity contribution in [1.29, 1.82) is 0 Å². The second kappa shape index (κ2) is 13.0. The van der Waals surface area contributed by atoms with E-state index in [2.05, 4.69) is 45.1 Å². The molecule has 1 heterocycles. The lowest BCUT2D eigenvalue weighted by Gasteiger charge is -2.32. The fourth-order valence-electron chi connectivity index (χ4n) is 3.38. The minimum atomic E-state index is 0.125. The molecule has 162 valence electrons. The van der Waals surface area contributed by atoms with E-state index in [9.17, 15) is 4.79 Å². The fraction of sp³-hybridized carbons (Fsp3) is 0.619. The van der Waals surface area contributed by atoms with E-state index in [1.807, 2.05) is 18.2 Å². The van der Waals surface area contributed by atoms with Crippen LogP contribution in [-0.4, -0.2) is 68.8 Å². The van der Waals surface area contributed by atoms with Gasteiger partial charge in [-0.25, -0.2) is 0 Å². The molecule has 1 atom stereocenters. The summed E-state index contributed by atoms with van der Waals surface area (Å²) in [4.78, 5) is 18.5. The lowest BCUT2D eigenvalue weighted by Crippen LogP contribution is -2.50. The Hall–Kier alpha value is -1.44. The van der Waals surface area contributed by atoms with Gasteiger partial charge < -0.3 is 16.0 Å². The molecule has 0 aromatic heterocycles. The van der Waals surface area contributed by atoms with Gasteiger partial charge in [-0.3, -0.25) is 14.7 Å². The van der Waals surface area contributed by atoms with E-state index in [4.69, 9.17) is 11.6 Å². The van der Waals surface area contributed by atoms with Crippen LogP contribution in [0, 0.1) is 0 Å². The second-order valence-corrected chi connectivity index (χ2v) is 8.75. The van der Waals surface area contributed by atoms with Crippen molar-refractivity contribution in [3.05, 3.63) is 34.9 Å². The lowest BCUT2D eigenvalue weighted by atomic mass is 10.1. The van der Waals surface area contributed by atoms with Crippen LogP contribution in [-0.2, 0) is 4.79 Å². The maximum absolute atomic E-state index is 11.9. The van der Waals surface area contributed by atoms with Gasteiger partial charge in [-0.05, 0) is 43.2 Å². The first-order valence-electron chi connectivity index (χ1n) is 10.3. The topological polar surface area (TPSA) is 68.8 Å². The molecule has 0 spiro atoms. The zero-order valence-corrected chi connectivity index (χ0v) is 19.3. The van der Waals surface area contributed by atoms with Gasteiger partial charge >= 0.3 is 0 Å². The summed E-state index contributed by atoms with van der Waals surface area (Å²) in [5, 5.41) is 11.0. The van der Waals surface area contributed by atoms with Crippen molar-refractivity contribution in [2.24, 2.45) is 4.99 Å². The van der Waals surface area contributed by atoms with Gasteiger partial charge in [0, 0.05) is 49.5 Å². The van der Waals surface area contributed by atoms with Gasteiger partial charge in [-0.1, -0.05) is 30.7 Å². The van der Waals surface area contributed by atoms with E-state index in [-0.39, 0.29) is 5.91 Å². The van der Waals surface area contributed by atoms with Gasteiger partial charge in [0.2, 0.25) is 5.91 Å². The van der Waals surface area contributed by atoms with Crippen molar-refractivity contribution >= 4 is 35.2 Å². The molecule has 1 aliphatic heterocycles. The van der Waals surface area contributed by atoms with Gasteiger partial charge in [-0.15, -0.1) is 0 Å². The number of guanidine groups is 1. The Kier molecular flexibility index (Phi) is 10.7. The molecule has 0 radical (unpaired) electrons. The van der Waals surface area contributed by atoms with Crippen LogP contribution in [0.15, 0.2) is 29.3 Å². The van der Waals surface area contributed by atoms with E-state index in [1.54, 1.807) is 18.8 Å². The van der Waals surface area contributed by atoms with Crippen molar-refractivity contribution in [2.45, 2.75) is 37.5 Å². The summed E-state index contributed by atoms with van der Waals surface area (Å²) in [5.41, 5.74) is 1.21. The van der Waals surface area contributed by atoms with Gasteiger partial charge in [0.05, 0.1) is 6.54 Å². The number of hydrogen-bond donors (Lipinski definition) is 3. The van der Waals surface area contributed by atoms with Crippen LogP contribution >= 0.6 is 23.4 Å². The highest BCUT2D eigenvalue weighted by Gasteiger charge is 2.21. The van der Waals surface area contributed by atoms with Crippen LogP contribution in [0.3, 0.4) is 0 Å². The van der Waals surface area contributed by atoms with Gasteiger partial charge in [-0.2, -0.15) is 11.8 Å². The molecule has 3 N–H and O–H groups in total. The van der Waals surface area contributed by atoms with E-state index in [0.29, 0.717) is 17.8 Å². The molecular weight excluding hydrogens is 406 g/mol. The van der Waals surface area contributed by atoms with E-state index >= 15 is 0 Å². The number of carbonyl (C=O) groups is 1. The largest absolute Gasteiger partial charge is 0.355 e. The highest BCUT2D eigenvalue weighted by Crippen LogP contribution is 2.27. The summed E-state index contributed by atoms with van der Waals surface area (Å²) in [5.74, 6) is 0.949. The number of nitrogens with zero attached hydrogens (tertiary/aromatic N) is 2. The molecule has 2 rings (SSSR count). The van der Waals surface area contributed by atoms with Crippen molar-refractivity contribution in [3.63, 3.8) is 0 Å². The lowest BCUT2D eigenvalue weighted by molar-refractivity contribution is -0.122. The molecule has 0 saturated carbocycles.